The number of aliphatic hydroxyl groups is 2. The van der Waals surface area contributed by atoms with Gasteiger partial charge < -0.3 is 14.9 Å². The SMILES string of the molecule is C[C@H](C(=O)OCC1CCCC1)[C@H]1CC[C@H]2C(=CC=C3C[C@@H](O)C[C@H](O)C3)CCC[C@]12C. The van der Waals surface area contributed by atoms with Crippen molar-refractivity contribution >= 4 is 5.97 Å². The number of ether oxygens (including phenoxy) is 1. The lowest BCUT2D eigenvalue weighted by Crippen LogP contribution is -2.38. The molecule has 4 saturated carbocycles. The van der Waals surface area contributed by atoms with Crippen LogP contribution in [0.5, 0.6) is 0 Å². The number of aliphatic hydroxyl groups excluding tert-OH is 2. The Hall–Kier alpha value is -1.13. The molecule has 0 aromatic heterocycles. The highest BCUT2D eigenvalue weighted by molar-refractivity contribution is 5.72. The second kappa shape index (κ2) is 9.79. The van der Waals surface area contributed by atoms with Crippen LogP contribution < -0.4 is 0 Å². The number of hydrogen-bond acceptors (Lipinski definition) is 4. The summed E-state index contributed by atoms with van der Waals surface area (Å²) in [5.41, 5.74) is 2.83. The van der Waals surface area contributed by atoms with E-state index < -0.39 is 12.2 Å². The molecule has 174 valence electrons. The molecule has 4 fully saturated rings. The molecular formula is C27H42O4. The first-order valence-electron chi connectivity index (χ1n) is 12.8. The van der Waals surface area contributed by atoms with Crippen molar-refractivity contribution < 1.29 is 19.7 Å². The number of carbonyl (C=O) groups is 1. The van der Waals surface area contributed by atoms with Crippen LogP contribution in [0.4, 0.5) is 0 Å². The normalized spacial score (nSPS) is 38.8. The van der Waals surface area contributed by atoms with E-state index in [4.69, 9.17) is 4.74 Å². The van der Waals surface area contributed by atoms with Gasteiger partial charge in [0.1, 0.15) is 0 Å². The molecule has 0 amide bonds. The summed E-state index contributed by atoms with van der Waals surface area (Å²) in [6.07, 6.45) is 16.2. The lowest BCUT2D eigenvalue weighted by Gasteiger charge is -2.43. The second-order valence-corrected chi connectivity index (χ2v) is 11.2. The van der Waals surface area contributed by atoms with Crippen molar-refractivity contribution in [2.75, 3.05) is 6.61 Å². The zero-order valence-corrected chi connectivity index (χ0v) is 19.5. The van der Waals surface area contributed by atoms with Gasteiger partial charge in [-0.3, -0.25) is 4.79 Å². The molecule has 0 heterocycles. The third-order valence-corrected chi connectivity index (χ3v) is 9.02. The van der Waals surface area contributed by atoms with Crippen LogP contribution in [0, 0.1) is 29.1 Å². The highest BCUT2D eigenvalue weighted by Gasteiger charge is 2.52. The van der Waals surface area contributed by atoms with Crippen LogP contribution in [0.1, 0.15) is 90.9 Å². The third-order valence-electron chi connectivity index (χ3n) is 9.02. The zero-order valence-electron chi connectivity index (χ0n) is 19.5. The predicted molar refractivity (Wildman–Crippen MR) is 122 cm³/mol. The highest BCUT2D eigenvalue weighted by atomic mass is 16.5. The number of hydrogen-bond donors (Lipinski definition) is 2. The van der Waals surface area contributed by atoms with E-state index in [0.29, 0.717) is 43.6 Å². The van der Waals surface area contributed by atoms with Crippen molar-refractivity contribution in [3.8, 4) is 0 Å². The topological polar surface area (TPSA) is 66.8 Å². The summed E-state index contributed by atoms with van der Waals surface area (Å²) < 4.78 is 5.79. The van der Waals surface area contributed by atoms with Gasteiger partial charge in [-0.2, -0.15) is 0 Å². The zero-order chi connectivity index (χ0) is 22.0. The molecule has 0 spiro atoms. The van der Waals surface area contributed by atoms with Crippen LogP contribution in [-0.2, 0) is 9.53 Å². The van der Waals surface area contributed by atoms with Gasteiger partial charge in [0.05, 0.1) is 24.7 Å². The number of carbonyl (C=O) groups excluding carboxylic acids is 1. The van der Waals surface area contributed by atoms with Gasteiger partial charge in [-0.15, -0.1) is 0 Å². The Morgan fingerprint density at radius 3 is 2.52 bits per heavy atom. The molecule has 4 heteroatoms. The molecule has 6 atom stereocenters. The number of allylic oxidation sites excluding steroid dienone is 3. The molecule has 4 aliphatic carbocycles. The van der Waals surface area contributed by atoms with Crippen LogP contribution >= 0.6 is 0 Å². The maximum Gasteiger partial charge on any atom is 0.308 e. The van der Waals surface area contributed by atoms with E-state index in [9.17, 15) is 15.0 Å². The Morgan fingerprint density at radius 2 is 1.81 bits per heavy atom. The van der Waals surface area contributed by atoms with E-state index in [2.05, 4.69) is 26.0 Å². The van der Waals surface area contributed by atoms with Crippen LogP contribution in [-0.4, -0.2) is 35.0 Å². The van der Waals surface area contributed by atoms with Crippen LogP contribution in [0.25, 0.3) is 0 Å². The molecule has 4 nitrogen and oxygen atoms in total. The van der Waals surface area contributed by atoms with Crippen molar-refractivity contribution in [3.05, 3.63) is 23.3 Å². The third kappa shape index (κ3) is 5.11. The lowest BCUT2D eigenvalue weighted by molar-refractivity contribution is -0.153. The summed E-state index contributed by atoms with van der Waals surface area (Å²) >= 11 is 0. The Balaban J connectivity index is 1.41. The summed E-state index contributed by atoms with van der Waals surface area (Å²) in [4.78, 5) is 12.9. The van der Waals surface area contributed by atoms with Crippen LogP contribution in [0.2, 0.25) is 0 Å². The number of rotatable bonds is 5. The van der Waals surface area contributed by atoms with Crippen LogP contribution in [0.15, 0.2) is 23.3 Å². The summed E-state index contributed by atoms with van der Waals surface area (Å²) in [6, 6.07) is 0. The van der Waals surface area contributed by atoms with Crippen molar-refractivity contribution in [2.45, 2.75) is 103 Å². The van der Waals surface area contributed by atoms with Crippen molar-refractivity contribution in [2.24, 2.45) is 29.1 Å². The number of fused-ring (bicyclic) bond motifs is 1. The first-order valence-corrected chi connectivity index (χ1v) is 12.8. The second-order valence-electron chi connectivity index (χ2n) is 11.2. The van der Waals surface area contributed by atoms with Gasteiger partial charge in [-0.1, -0.05) is 50.0 Å². The molecule has 2 N–H and O–H groups in total. The van der Waals surface area contributed by atoms with E-state index in [1.807, 2.05) is 0 Å². The Kier molecular flexibility index (Phi) is 7.27. The fourth-order valence-corrected chi connectivity index (χ4v) is 7.30. The summed E-state index contributed by atoms with van der Waals surface area (Å²) in [6.45, 7) is 5.12. The molecular weight excluding hydrogens is 388 g/mol. The van der Waals surface area contributed by atoms with Gasteiger partial charge in [0, 0.05) is 0 Å². The molecule has 0 aromatic rings. The fourth-order valence-electron chi connectivity index (χ4n) is 7.30. The maximum atomic E-state index is 12.9. The van der Waals surface area contributed by atoms with Crippen molar-refractivity contribution in [3.63, 3.8) is 0 Å². The Bertz CT molecular complexity index is 692. The molecule has 0 aliphatic heterocycles. The average molecular weight is 431 g/mol. The molecule has 4 aliphatic rings. The first-order chi connectivity index (χ1) is 14.9. The minimum Gasteiger partial charge on any atom is -0.465 e. The quantitative estimate of drug-likeness (QED) is 0.579. The minimum atomic E-state index is -0.419. The molecule has 4 rings (SSSR count). The van der Waals surface area contributed by atoms with E-state index >= 15 is 0 Å². The van der Waals surface area contributed by atoms with Gasteiger partial charge in [-0.05, 0) is 87.4 Å². The van der Waals surface area contributed by atoms with Gasteiger partial charge in [0.15, 0.2) is 0 Å². The number of esters is 1. The Morgan fingerprint density at radius 1 is 1.10 bits per heavy atom. The fraction of sp³-hybridized carbons (Fsp3) is 0.815. The summed E-state index contributed by atoms with van der Waals surface area (Å²) in [7, 11) is 0. The standard InChI is InChI=1S/C27H42O4/c1-18(26(30)31-17-19-6-3-4-7-19)24-11-12-25-21(8-5-13-27(24,25)2)10-9-20-14-22(28)16-23(29)15-20/h9-10,18-19,22-25,28-29H,3-8,11-17H2,1-2H3/t18-,22+,23+,24+,25-,27+/m0/s1. The van der Waals surface area contributed by atoms with Gasteiger partial charge in [-0.25, -0.2) is 0 Å². The summed E-state index contributed by atoms with van der Waals surface area (Å²) in [5.74, 6) is 1.49. The monoisotopic (exact) mass is 430 g/mol. The minimum absolute atomic E-state index is 0.0159. The van der Waals surface area contributed by atoms with Crippen molar-refractivity contribution in [1.82, 2.24) is 0 Å². The summed E-state index contributed by atoms with van der Waals surface area (Å²) in [5, 5.41) is 19.9. The molecule has 0 unspecified atom stereocenters. The van der Waals surface area contributed by atoms with Gasteiger partial charge >= 0.3 is 5.97 Å². The molecule has 0 bridgehead atoms. The molecule has 31 heavy (non-hydrogen) atoms. The van der Waals surface area contributed by atoms with E-state index in [1.54, 1.807) is 0 Å². The first kappa shape index (κ1) is 23.0. The Labute approximate surface area is 188 Å². The predicted octanol–water partition coefficient (Wildman–Crippen LogP) is 5.33. The van der Waals surface area contributed by atoms with E-state index in [1.165, 1.54) is 44.1 Å². The molecule has 0 saturated heterocycles. The van der Waals surface area contributed by atoms with Gasteiger partial charge in [0.2, 0.25) is 0 Å². The van der Waals surface area contributed by atoms with E-state index in [-0.39, 0.29) is 17.3 Å². The molecule has 0 radical (unpaired) electrons. The largest absolute Gasteiger partial charge is 0.465 e. The lowest BCUT2D eigenvalue weighted by atomic mass is 9.61. The van der Waals surface area contributed by atoms with Crippen molar-refractivity contribution in [1.29, 1.82) is 0 Å². The maximum absolute atomic E-state index is 12.9. The highest BCUT2D eigenvalue weighted by Crippen LogP contribution is 2.59. The van der Waals surface area contributed by atoms with E-state index in [0.717, 1.165) is 24.8 Å². The van der Waals surface area contributed by atoms with Gasteiger partial charge in [0.25, 0.3) is 0 Å². The molecule has 0 aromatic carbocycles. The average Bonchev–Trinajstić information content (AvgIpc) is 3.36. The van der Waals surface area contributed by atoms with Crippen LogP contribution in [0.3, 0.4) is 0 Å². The smallest absolute Gasteiger partial charge is 0.308 e.